The van der Waals surface area contributed by atoms with E-state index in [0.717, 1.165) is 0 Å². The van der Waals surface area contributed by atoms with Crippen molar-refractivity contribution in [3.63, 3.8) is 0 Å². The van der Waals surface area contributed by atoms with Crippen molar-refractivity contribution in [2.45, 2.75) is 6.92 Å². The fourth-order valence-corrected chi connectivity index (χ4v) is 2.45. The molecule has 2 amide bonds. The van der Waals surface area contributed by atoms with Gasteiger partial charge in [-0.15, -0.1) is 0 Å². The first kappa shape index (κ1) is 19.8. The molecule has 0 aromatic heterocycles. The highest BCUT2D eigenvalue weighted by Gasteiger charge is 2.15. The van der Waals surface area contributed by atoms with Gasteiger partial charge in [-0.1, -0.05) is 35.3 Å². The maximum absolute atomic E-state index is 12.0. The van der Waals surface area contributed by atoms with Crippen LogP contribution in [0.3, 0.4) is 0 Å². The molecule has 2 N–H and O–H groups in total. The molecule has 0 radical (unpaired) electrons. The molecule has 0 saturated carbocycles. The van der Waals surface area contributed by atoms with Crippen LogP contribution in [-0.4, -0.2) is 30.9 Å². The second kappa shape index (κ2) is 9.22. The van der Waals surface area contributed by atoms with Gasteiger partial charge in [-0.3, -0.25) is 9.59 Å². The summed E-state index contributed by atoms with van der Waals surface area (Å²) in [5, 5.41) is 5.50. The van der Waals surface area contributed by atoms with Crippen LogP contribution >= 0.6 is 23.2 Å². The van der Waals surface area contributed by atoms with Gasteiger partial charge in [0.25, 0.3) is 11.8 Å². The SMILES string of the molecule is CCNC(=O)c1cccc(NC(=O)COC(=O)c2cccc(Cl)c2Cl)c1. The van der Waals surface area contributed by atoms with Gasteiger partial charge >= 0.3 is 5.97 Å². The minimum atomic E-state index is -0.760. The molecule has 0 aliphatic carbocycles. The maximum atomic E-state index is 12.0. The number of rotatable bonds is 6. The molecule has 26 heavy (non-hydrogen) atoms. The molecule has 0 atom stereocenters. The van der Waals surface area contributed by atoms with Crippen molar-refractivity contribution in [2.24, 2.45) is 0 Å². The average Bonchev–Trinajstić information content (AvgIpc) is 2.62. The Hall–Kier alpha value is -2.57. The Bertz CT molecular complexity index is 840. The van der Waals surface area contributed by atoms with Crippen LogP contribution in [0, 0.1) is 0 Å². The van der Waals surface area contributed by atoms with E-state index in [-0.39, 0.29) is 21.5 Å². The summed E-state index contributed by atoms with van der Waals surface area (Å²) in [5.74, 6) is -1.56. The molecular weight excluding hydrogens is 379 g/mol. The lowest BCUT2D eigenvalue weighted by Crippen LogP contribution is -2.23. The largest absolute Gasteiger partial charge is 0.452 e. The lowest BCUT2D eigenvalue weighted by atomic mass is 10.2. The molecule has 0 spiro atoms. The standard InChI is InChI=1S/C18H16Cl2N2O4/c1-2-21-17(24)11-5-3-6-12(9-11)22-15(23)10-26-18(25)13-7-4-8-14(19)16(13)20/h3-9H,2,10H2,1H3,(H,21,24)(H,22,23). The number of hydrogen-bond acceptors (Lipinski definition) is 4. The number of anilines is 1. The van der Waals surface area contributed by atoms with Crippen LogP contribution in [-0.2, 0) is 9.53 Å². The monoisotopic (exact) mass is 394 g/mol. The van der Waals surface area contributed by atoms with E-state index >= 15 is 0 Å². The summed E-state index contributed by atoms with van der Waals surface area (Å²) in [4.78, 5) is 35.7. The van der Waals surface area contributed by atoms with E-state index < -0.39 is 18.5 Å². The molecule has 0 aliphatic rings. The van der Waals surface area contributed by atoms with Gasteiger partial charge in [-0.05, 0) is 37.3 Å². The second-order valence-electron chi connectivity index (χ2n) is 5.17. The molecule has 6 nitrogen and oxygen atoms in total. The number of hydrogen-bond donors (Lipinski definition) is 2. The van der Waals surface area contributed by atoms with Crippen LogP contribution in [0.15, 0.2) is 42.5 Å². The Morgan fingerprint density at radius 1 is 1.08 bits per heavy atom. The molecule has 0 unspecified atom stereocenters. The average molecular weight is 395 g/mol. The number of esters is 1. The lowest BCUT2D eigenvalue weighted by Gasteiger charge is -2.09. The quantitative estimate of drug-likeness (QED) is 0.733. The van der Waals surface area contributed by atoms with Crippen LogP contribution in [0.2, 0.25) is 10.0 Å². The molecule has 2 aromatic carbocycles. The normalized spacial score (nSPS) is 10.1. The Morgan fingerprint density at radius 2 is 1.81 bits per heavy atom. The molecule has 0 bridgehead atoms. The van der Waals surface area contributed by atoms with Gasteiger partial charge in [-0.2, -0.15) is 0 Å². The fraction of sp³-hybridized carbons (Fsp3) is 0.167. The Balaban J connectivity index is 1.95. The zero-order chi connectivity index (χ0) is 19.1. The molecule has 8 heteroatoms. The third-order valence-electron chi connectivity index (χ3n) is 3.25. The topological polar surface area (TPSA) is 84.5 Å². The van der Waals surface area contributed by atoms with Crippen LogP contribution < -0.4 is 10.6 Å². The summed E-state index contributed by atoms with van der Waals surface area (Å²) in [7, 11) is 0. The molecule has 0 saturated heterocycles. The number of benzene rings is 2. The van der Waals surface area contributed by atoms with E-state index in [1.165, 1.54) is 18.2 Å². The number of halogens is 2. The molecule has 0 fully saturated rings. The predicted molar refractivity (Wildman–Crippen MR) is 99.8 cm³/mol. The summed E-state index contributed by atoms with van der Waals surface area (Å²) in [6, 6.07) is 11.0. The Morgan fingerprint density at radius 3 is 2.54 bits per heavy atom. The zero-order valence-corrected chi connectivity index (χ0v) is 15.4. The minimum Gasteiger partial charge on any atom is -0.452 e. The Labute approximate surface area is 160 Å². The molecule has 136 valence electrons. The van der Waals surface area contributed by atoms with E-state index in [2.05, 4.69) is 10.6 Å². The third kappa shape index (κ3) is 5.21. The van der Waals surface area contributed by atoms with Crippen molar-refractivity contribution < 1.29 is 19.1 Å². The van der Waals surface area contributed by atoms with Crippen molar-refractivity contribution in [3.8, 4) is 0 Å². The first-order chi connectivity index (χ1) is 12.4. The smallest absolute Gasteiger partial charge is 0.340 e. The van der Waals surface area contributed by atoms with Crippen molar-refractivity contribution in [2.75, 3.05) is 18.5 Å². The highest BCUT2D eigenvalue weighted by Crippen LogP contribution is 2.26. The van der Waals surface area contributed by atoms with Gasteiger partial charge in [0.15, 0.2) is 6.61 Å². The van der Waals surface area contributed by atoms with Crippen LogP contribution in [0.25, 0.3) is 0 Å². The number of nitrogens with one attached hydrogen (secondary N) is 2. The summed E-state index contributed by atoms with van der Waals surface area (Å²) < 4.78 is 4.94. The summed E-state index contributed by atoms with van der Waals surface area (Å²) in [6.07, 6.45) is 0. The summed E-state index contributed by atoms with van der Waals surface area (Å²) >= 11 is 11.8. The van der Waals surface area contributed by atoms with Crippen LogP contribution in [0.5, 0.6) is 0 Å². The van der Waals surface area contributed by atoms with E-state index in [9.17, 15) is 14.4 Å². The van der Waals surface area contributed by atoms with Crippen LogP contribution in [0.1, 0.15) is 27.6 Å². The van der Waals surface area contributed by atoms with Crippen LogP contribution in [0.4, 0.5) is 5.69 Å². The van der Waals surface area contributed by atoms with E-state index in [1.54, 1.807) is 24.3 Å². The molecule has 0 aliphatic heterocycles. The van der Waals surface area contributed by atoms with E-state index in [1.807, 2.05) is 6.92 Å². The van der Waals surface area contributed by atoms with Gasteiger partial charge in [0.1, 0.15) is 0 Å². The molecule has 2 rings (SSSR count). The molecule has 0 heterocycles. The van der Waals surface area contributed by atoms with Gasteiger partial charge in [0, 0.05) is 17.8 Å². The van der Waals surface area contributed by atoms with Gasteiger partial charge in [0.2, 0.25) is 0 Å². The van der Waals surface area contributed by atoms with Gasteiger partial charge < -0.3 is 15.4 Å². The predicted octanol–water partition coefficient (Wildman–Crippen LogP) is 3.54. The first-order valence-electron chi connectivity index (χ1n) is 7.71. The molecule has 2 aromatic rings. The zero-order valence-electron chi connectivity index (χ0n) is 13.8. The van der Waals surface area contributed by atoms with E-state index in [0.29, 0.717) is 17.8 Å². The number of ether oxygens (including phenoxy) is 1. The second-order valence-corrected chi connectivity index (χ2v) is 5.95. The van der Waals surface area contributed by atoms with Crippen molar-refractivity contribution in [1.29, 1.82) is 0 Å². The number of carbonyl (C=O) groups excluding carboxylic acids is 3. The lowest BCUT2D eigenvalue weighted by molar-refractivity contribution is -0.119. The van der Waals surface area contributed by atoms with Crippen molar-refractivity contribution >= 4 is 46.7 Å². The van der Waals surface area contributed by atoms with Gasteiger partial charge in [0.05, 0.1) is 15.6 Å². The maximum Gasteiger partial charge on any atom is 0.340 e. The third-order valence-corrected chi connectivity index (χ3v) is 4.07. The van der Waals surface area contributed by atoms with Crippen molar-refractivity contribution in [3.05, 3.63) is 63.6 Å². The van der Waals surface area contributed by atoms with Gasteiger partial charge in [-0.25, -0.2) is 4.79 Å². The minimum absolute atomic E-state index is 0.0641. The number of amides is 2. The fourth-order valence-electron chi connectivity index (χ4n) is 2.07. The molecular formula is C18H16Cl2N2O4. The van der Waals surface area contributed by atoms with Crippen molar-refractivity contribution in [1.82, 2.24) is 5.32 Å². The number of carbonyl (C=O) groups is 3. The summed E-state index contributed by atoms with van der Waals surface area (Å²) in [6.45, 7) is 1.80. The highest BCUT2D eigenvalue weighted by molar-refractivity contribution is 6.43. The highest BCUT2D eigenvalue weighted by atomic mass is 35.5. The van der Waals surface area contributed by atoms with E-state index in [4.69, 9.17) is 27.9 Å². The summed E-state index contributed by atoms with van der Waals surface area (Å²) in [5.41, 5.74) is 0.896. The Kier molecular flexibility index (Phi) is 7.00. The first-order valence-corrected chi connectivity index (χ1v) is 8.47.